The Labute approximate surface area is 118 Å². The van der Waals surface area contributed by atoms with Gasteiger partial charge in [-0.25, -0.2) is 8.78 Å². The SMILES string of the molecule is OC(CNCC1CC2CCC1C2)c1c(F)cccc1F. The summed E-state index contributed by atoms with van der Waals surface area (Å²) in [6, 6.07) is 3.67. The summed E-state index contributed by atoms with van der Waals surface area (Å²) in [4.78, 5) is 0. The summed E-state index contributed by atoms with van der Waals surface area (Å²) < 4.78 is 27.0. The average molecular weight is 281 g/mol. The van der Waals surface area contributed by atoms with Crippen LogP contribution in [-0.2, 0) is 0 Å². The molecule has 2 N–H and O–H groups in total. The average Bonchev–Trinajstić information content (AvgIpc) is 3.01. The zero-order valence-electron chi connectivity index (χ0n) is 11.5. The fourth-order valence-electron chi connectivity index (χ4n) is 3.96. The third-order valence-electron chi connectivity index (χ3n) is 4.96. The molecule has 3 rings (SSSR count). The molecule has 0 saturated heterocycles. The summed E-state index contributed by atoms with van der Waals surface area (Å²) in [7, 11) is 0. The lowest BCUT2D eigenvalue weighted by molar-refractivity contribution is 0.160. The van der Waals surface area contributed by atoms with E-state index in [2.05, 4.69) is 5.32 Å². The van der Waals surface area contributed by atoms with E-state index < -0.39 is 17.7 Å². The Morgan fingerprint density at radius 3 is 2.55 bits per heavy atom. The molecule has 2 saturated carbocycles. The van der Waals surface area contributed by atoms with Crippen LogP contribution in [0, 0.1) is 29.4 Å². The molecular formula is C16H21F2NO. The van der Waals surface area contributed by atoms with Crippen molar-refractivity contribution in [2.45, 2.75) is 31.8 Å². The van der Waals surface area contributed by atoms with Crippen LogP contribution in [0.5, 0.6) is 0 Å². The highest BCUT2D eigenvalue weighted by atomic mass is 19.1. The van der Waals surface area contributed by atoms with Crippen molar-refractivity contribution in [3.8, 4) is 0 Å². The first kappa shape index (κ1) is 14.0. The van der Waals surface area contributed by atoms with Crippen LogP contribution in [0.3, 0.4) is 0 Å². The van der Waals surface area contributed by atoms with E-state index in [9.17, 15) is 13.9 Å². The van der Waals surface area contributed by atoms with Gasteiger partial charge in [-0.05, 0) is 55.7 Å². The number of hydrogen-bond donors (Lipinski definition) is 2. The lowest BCUT2D eigenvalue weighted by atomic mass is 9.89. The lowest BCUT2D eigenvalue weighted by Gasteiger charge is -2.23. The van der Waals surface area contributed by atoms with Gasteiger partial charge in [0.15, 0.2) is 0 Å². The number of rotatable bonds is 5. The molecule has 2 bridgehead atoms. The zero-order chi connectivity index (χ0) is 14.1. The van der Waals surface area contributed by atoms with Gasteiger partial charge in [0.2, 0.25) is 0 Å². The van der Waals surface area contributed by atoms with E-state index in [1.54, 1.807) is 0 Å². The maximum atomic E-state index is 13.5. The molecule has 2 aliphatic rings. The molecule has 2 nitrogen and oxygen atoms in total. The Balaban J connectivity index is 1.51. The highest BCUT2D eigenvalue weighted by molar-refractivity contribution is 5.22. The van der Waals surface area contributed by atoms with Gasteiger partial charge in [0.25, 0.3) is 0 Å². The summed E-state index contributed by atoms with van der Waals surface area (Å²) >= 11 is 0. The molecule has 2 fully saturated rings. The van der Waals surface area contributed by atoms with Crippen molar-refractivity contribution >= 4 is 0 Å². The molecule has 1 aromatic carbocycles. The Morgan fingerprint density at radius 2 is 1.95 bits per heavy atom. The molecule has 110 valence electrons. The zero-order valence-corrected chi connectivity index (χ0v) is 11.5. The molecule has 0 radical (unpaired) electrons. The molecule has 0 spiro atoms. The normalized spacial score (nSPS) is 29.9. The highest BCUT2D eigenvalue weighted by Crippen LogP contribution is 2.47. The van der Waals surface area contributed by atoms with Gasteiger partial charge in [-0.3, -0.25) is 0 Å². The smallest absolute Gasteiger partial charge is 0.131 e. The van der Waals surface area contributed by atoms with Crippen LogP contribution in [-0.4, -0.2) is 18.2 Å². The van der Waals surface area contributed by atoms with E-state index >= 15 is 0 Å². The molecule has 0 aliphatic heterocycles. The molecule has 4 atom stereocenters. The second-order valence-electron chi connectivity index (χ2n) is 6.24. The number of halogens is 2. The third kappa shape index (κ3) is 2.72. The van der Waals surface area contributed by atoms with Crippen LogP contribution in [0.2, 0.25) is 0 Å². The fraction of sp³-hybridized carbons (Fsp3) is 0.625. The largest absolute Gasteiger partial charge is 0.387 e. The predicted octanol–water partition coefficient (Wildman–Crippen LogP) is 3.02. The summed E-state index contributed by atoms with van der Waals surface area (Å²) in [6.45, 7) is 1.04. The summed E-state index contributed by atoms with van der Waals surface area (Å²) in [5, 5.41) is 13.1. The minimum Gasteiger partial charge on any atom is -0.387 e. The molecule has 0 aromatic heterocycles. The van der Waals surface area contributed by atoms with Gasteiger partial charge in [0, 0.05) is 6.54 Å². The molecule has 20 heavy (non-hydrogen) atoms. The number of benzene rings is 1. The maximum absolute atomic E-state index is 13.5. The van der Waals surface area contributed by atoms with E-state index in [-0.39, 0.29) is 12.1 Å². The molecule has 2 aliphatic carbocycles. The van der Waals surface area contributed by atoms with Crippen molar-refractivity contribution in [3.05, 3.63) is 35.4 Å². The van der Waals surface area contributed by atoms with E-state index in [1.807, 2.05) is 0 Å². The van der Waals surface area contributed by atoms with Crippen molar-refractivity contribution < 1.29 is 13.9 Å². The van der Waals surface area contributed by atoms with E-state index in [4.69, 9.17) is 0 Å². The van der Waals surface area contributed by atoms with Crippen LogP contribution in [0.4, 0.5) is 8.78 Å². The van der Waals surface area contributed by atoms with Gasteiger partial charge < -0.3 is 10.4 Å². The first-order valence-corrected chi connectivity index (χ1v) is 7.48. The second-order valence-corrected chi connectivity index (χ2v) is 6.24. The second kappa shape index (κ2) is 5.78. The lowest BCUT2D eigenvalue weighted by Crippen LogP contribution is -2.30. The van der Waals surface area contributed by atoms with E-state index in [1.165, 1.54) is 43.9 Å². The van der Waals surface area contributed by atoms with E-state index in [0.29, 0.717) is 5.92 Å². The molecule has 0 heterocycles. The standard InChI is InChI=1S/C16H21F2NO/c17-13-2-1-3-14(18)16(13)15(20)9-19-8-12-7-10-4-5-11(12)6-10/h1-3,10-12,15,19-20H,4-9H2. The van der Waals surface area contributed by atoms with Crippen molar-refractivity contribution in [2.24, 2.45) is 17.8 Å². The Hall–Kier alpha value is -1.00. The van der Waals surface area contributed by atoms with Gasteiger partial charge in [-0.2, -0.15) is 0 Å². The van der Waals surface area contributed by atoms with Gasteiger partial charge in [0.05, 0.1) is 11.7 Å². The van der Waals surface area contributed by atoms with Crippen molar-refractivity contribution in [2.75, 3.05) is 13.1 Å². The summed E-state index contributed by atoms with van der Waals surface area (Å²) in [5.41, 5.74) is -0.229. The van der Waals surface area contributed by atoms with Crippen LogP contribution >= 0.6 is 0 Å². The highest BCUT2D eigenvalue weighted by Gasteiger charge is 2.38. The molecule has 1 aromatic rings. The fourth-order valence-corrected chi connectivity index (χ4v) is 3.96. The number of fused-ring (bicyclic) bond motifs is 2. The van der Waals surface area contributed by atoms with Crippen molar-refractivity contribution in [3.63, 3.8) is 0 Å². The van der Waals surface area contributed by atoms with Gasteiger partial charge in [-0.15, -0.1) is 0 Å². The molecular weight excluding hydrogens is 260 g/mol. The van der Waals surface area contributed by atoms with Crippen LogP contribution < -0.4 is 5.32 Å². The monoisotopic (exact) mass is 281 g/mol. The van der Waals surface area contributed by atoms with Crippen LogP contribution in [0.25, 0.3) is 0 Å². The minimum absolute atomic E-state index is 0.200. The number of aliphatic hydroxyl groups is 1. The minimum atomic E-state index is -1.13. The Morgan fingerprint density at radius 1 is 1.20 bits per heavy atom. The topological polar surface area (TPSA) is 32.3 Å². The van der Waals surface area contributed by atoms with Gasteiger partial charge in [-0.1, -0.05) is 12.5 Å². The number of hydrogen-bond acceptors (Lipinski definition) is 2. The predicted molar refractivity (Wildman–Crippen MR) is 73.1 cm³/mol. The summed E-state index contributed by atoms with van der Waals surface area (Å²) in [6.07, 6.45) is 4.17. The third-order valence-corrected chi connectivity index (χ3v) is 4.96. The number of nitrogens with one attached hydrogen (secondary N) is 1. The number of aliphatic hydroxyl groups excluding tert-OH is 1. The first-order valence-electron chi connectivity index (χ1n) is 7.48. The maximum Gasteiger partial charge on any atom is 0.131 e. The van der Waals surface area contributed by atoms with Crippen LogP contribution in [0.15, 0.2) is 18.2 Å². The Kier molecular flexibility index (Phi) is 4.03. The molecule has 4 unspecified atom stereocenters. The van der Waals surface area contributed by atoms with Crippen molar-refractivity contribution in [1.82, 2.24) is 5.32 Å². The van der Waals surface area contributed by atoms with Gasteiger partial charge in [0.1, 0.15) is 11.6 Å². The van der Waals surface area contributed by atoms with Gasteiger partial charge >= 0.3 is 0 Å². The van der Waals surface area contributed by atoms with E-state index in [0.717, 1.165) is 18.4 Å². The van der Waals surface area contributed by atoms with Crippen LogP contribution in [0.1, 0.15) is 37.4 Å². The summed E-state index contributed by atoms with van der Waals surface area (Å²) in [5.74, 6) is 1.01. The first-order chi connectivity index (χ1) is 9.65. The quantitative estimate of drug-likeness (QED) is 0.869. The molecule has 4 heteroatoms. The Bertz CT molecular complexity index is 459. The van der Waals surface area contributed by atoms with Crippen molar-refractivity contribution in [1.29, 1.82) is 0 Å². The molecule has 0 amide bonds.